The van der Waals surface area contributed by atoms with Crippen molar-refractivity contribution in [2.45, 2.75) is 50.4 Å². The Morgan fingerprint density at radius 2 is 1.75 bits per heavy atom. The van der Waals surface area contributed by atoms with Crippen LogP contribution in [0.4, 0.5) is 0 Å². The molecule has 5 nitrogen and oxygen atoms in total. The van der Waals surface area contributed by atoms with Crippen molar-refractivity contribution in [1.82, 2.24) is 9.55 Å². The highest BCUT2D eigenvalue weighted by molar-refractivity contribution is 8.01. The first-order chi connectivity index (χ1) is 13.2. The van der Waals surface area contributed by atoms with Gasteiger partial charge in [0.15, 0.2) is 5.16 Å². The summed E-state index contributed by atoms with van der Waals surface area (Å²) < 4.78 is 1.30. The summed E-state index contributed by atoms with van der Waals surface area (Å²) in [7, 11) is 0. The van der Waals surface area contributed by atoms with Crippen molar-refractivity contribution in [3.05, 3.63) is 53.9 Å². The molecule has 0 fully saturated rings. The van der Waals surface area contributed by atoms with Gasteiger partial charge in [-0.3, -0.25) is 14.2 Å². The number of hydrogen-bond acceptors (Lipinski definition) is 4. The Morgan fingerprint density at radius 3 is 2.43 bits per heavy atom. The first-order valence-corrected chi connectivity index (χ1v) is 9.99. The Balaban J connectivity index is 2.01. The maximum Gasteiger partial charge on any atom is 0.303 e. The van der Waals surface area contributed by atoms with Crippen LogP contribution in [0.5, 0.6) is 0 Å². The highest BCUT2D eigenvalue weighted by Gasteiger charge is 2.31. The number of imidazole rings is 1. The minimum atomic E-state index is -0.961. The number of ketones is 1. The van der Waals surface area contributed by atoms with Crippen LogP contribution in [0.2, 0.25) is 0 Å². The van der Waals surface area contributed by atoms with E-state index in [1.54, 1.807) is 6.20 Å². The van der Waals surface area contributed by atoms with Crippen molar-refractivity contribution >= 4 is 34.3 Å². The second-order valence-corrected chi connectivity index (χ2v) is 8.98. The van der Waals surface area contributed by atoms with E-state index in [1.165, 1.54) is 22.7 Å². The van der Waals surface area contributed by atoms with Crippen molar-refractivity contribution in [1.29, 1.82) is 0 Å². The quantitative estimate of drug-likeness (QED) is 0.572. The van der Waals surface area contributed by atoms with Crippen LogP contribution in [-0.4, -0.2) is 31.2 Å². The minimum Gasteiger partial charge on any atom is -0.481 e. The summed E-state index contributed by atoms with van der Waals surface area (Å²) in [5.74, 6) is -1.06. The maximum atomic E-state index is 12.6. The largest absolute Gasteiger partial charge is 0.481 e. The molecular weight excluding hydrogens is 372 g/mol. The fraction of sp³-hybridized carbons (Fsp3) is 0.318. The number of aryl methyl sites for hydroxylation is 2. The molecule has 0 bridgehead atoms. The number of rotatable bonds is 7. The summed E-state index contributed by atoms with van der Waals surface area (Å²) in [5.41, 5.74) is 3.20. The van der Waals surface area contributed by atoms with Gasteiger partial charge in [0, 0.05) is 23.7 Å². The topological polar surface area (TPSA) is 72.2 Å². The second kappa shape index (κ2) is 7.80. The van der Waals surface area contributed by atoms with Gasteiger partial charge in [-0.25, -0.2) is 4.98 Å². The molecule has 0 amide bonds. The molecule has 0 unspecified atom stereocenters. The lowest BCUT2D eigenvalue weighted by atomic mass is 10.0. The molecular formula is C22H24N2O3S. The van der Waals surface area contributed by atoms with Gasteiger partial charge in [0.05, 0.1) is 16.9 Å². The summed E-state index contributed by atoms with van der Waals surface area (Å²) >= 11 is 1.37. The highest BCUT2D eigenvalue weighted by atomic mass is 32.2. The molecule has 0 atom stereocenters. The van der Waals surface area contributed by atoms with Crippen molar-refractivity contribution in [2.75, 3.05) is 0 Å². The third-order valence-electron chi connectivity index (χ3n) is 4.85. The fourth-order valence-corrected chi connectivity index (χ4v) is 4.33. The fourth-order valence-electron chi connectivity index (χ4n) is 3.22. The number of carboxylic acid groups (broad SMARTS) is 1. The molecule has 146 valence electrons. The molecule has 2 aromatic carbocycles. The normalized spacial score (nSPS) is 11.7. The number of carbonyl (C=O) groups excluding carboxylic acids is 1. The van der Waals surface area contributed by atoms with E-state index in [0.717, 1.165) is 21.9 Å². The molecule has 1 N–H and O–H groups in total. The van der Waals surface area contributed by atoms with Crippen LogP contribution in [0.3, 0.4) is 0 Å². The number of fused-ring (bicyclic) bond motifs is 1. The predicted octanol–water partition coefficient (Wildman–Crippen LogP) is 4.95. The van der Waals surface area contributed by atoms with E-state index >= 15 is 0 Å². The van der Waals surface area contributed by atoms with Crippen LogP contribution < -0.4 is 0 Å². The number of carboxylic acids is 1. The Hall–Kier alpha value is -2.60. The molecule has 6 heteroatoms. The van der Waals surface area contributed by atoms with Crippen LogP contribution in [0.1, 0.15) is 37.9 Å². The number of aliphatic carboxylic acids is 1. The molecule has 0 saturated carbocycles. The summed E-state index contributed by atoms with van der Waals surface area (Å²) in [4.78, 5) is 27.9. The average Bonchev–Trinajstić information content (AvgIpc) is 3.00. The molecule has 0 aliphatic carbocycles. The predicted molar refractivity (Wildman–Crippen MR) is 112 cm³/mol. The van der Waals surface area contributed by atoms with E-state index < -0.39 is 10.7 Å². The number of carbonyl (C=O) groups is 2. The van der Waals surface area contributed by atoms with Crippen molar-refractivity contribution in [3.63, 3.8) is 0 Å². The Morgan fingerprint density at radius 1 is 1.07 bits per heavy atom. The third-order valence-corrected chi connectivity index (χ3v) is 6.06. The summed E-state index contributed by atoms with van der Waals surface area (Å²) in [6.07, 6.45) is 1.66. The first-order valence-electron chi connectivity index (χ1n) is 9.18. The van der Waals surface area contributed by atoms with Crippen LogP contribution in [0.25, 0.3) is 16.5 Å². The molecule has 0 radical (unpaired) electrons. The monoisotopic (exact) mass is 396 g/mol. The van der Waals surface area contributed by atoms with E-state index in [9.17, 15) is 9.59 Å². The lowest BCUT2D eigenvalue weighted by Crippen LogP contribution is -2.28. The number of nitrogens with zero attached hydrogens (tertiary/aromatic N) is 2. The molecule has 1 aromatic heterocycles. The third kappa shape index (κ3) is 3.97. The standard InChI is InChI=1S/C22H24N2O3S/c1-14-9-10-18(17-8-6-5-7-16(14)17)24-15(2)13-23-21(24)28-22(3,4)19(25)11-12-20(26)27/h5-10,13H,11-12H2,1-4H3,(H,26,27). The zero-order valence-electron chi connectivity index (χ0n) is 16.5. The average molecular weight is 397 g/mol. The number of aromatic nitrogens is 2. The van der Waals surface area contributed by atoms with Gasteiger partial charge in [-0.2, -0.15) is 0 Å². The van der Waals surface area contributed by atoms with Crippen molar-refractivity contribution in [2.24, 2.45) is 0 Å². The van der Waals surface area contributed by atoms with E-state index in [-0.39, 0.29) is 18.6 Å². The Labute approximate surface area is 168 Å². The molecule has 0 spiro atoms. The van der Waals surface area contributed by atoms with Gasteiger partial charge in [0.2, 0.25) is 0 Å². The Kier molecular flexibility index (Phi) is 5.61. The molecule has 3 aromatic rings. The van der Waals surface area contributed by atoms with Crippen LogP contribution >= 0.6 is 11.8 Å². The maximum absolute atomic E-state index is 12.6. The van der Waals surface area contributed by atoms with Gasteiger partial charge in [-0.05, 0) is 44.7 Å². The van der Waals surface area contributed by atoms with E-state index in [0.29, 0.717) is 0 Å². The molecule has 0 saturated heterocycles. The lowest BCUT2D eigenvalue weighted by Gasteiger charge is -2.23. The molecule has 3 rings (SSSR count). The van der Waals surface area contributed by atoms with E-state index in [2.05, 4.69) is 40.7 Å². The van der Waals surface area contributed by atoms with Gasteiger partial charge in [0.25, 0.3) is 0 Å². The van der Waals surface area contributed by atoms with Gasteiger partial charge < -0.3 is 5.11 Å². The van der Waals surface area contributed by atoms with Crippen LogP contribution in [0.15, 0.2) is 47.8 Å². The highest BCUT2D eigenvalue weighted by Crippen LogP contribution is 2.37. The molecule has 0 aliphatic rings. The van der Waals surface area contributed by atoms with Crippen LogP contribution in [-0.2, 0) is 9.59 Å². The number of Topliss-reactive ketones (excluding diaryl/α,β-unsaturated/α-hetero) is 1. The van der Waals surface area contributed by atoms with Gasteiger partial charge in [-0.15, -0.1) is 0 Å². The van der Waals surface area contributed by atoms with Gasteiger partial charge >= 0.3 is 5.97 Å². The van der Waals surface area contributed by atoms with Gasteiger partial charge in [-0.1, -0.05) is 42.1 Å². The molecule has 28 heavy (non-hydrogen) atoms. The Bertz CT molecular complexity index is 1050. The van der Waals surface area contributed by atoms with E-state index in [1.807, 2.05) is 32.9 Å². The van der Waals surface area contributed by atoms with Crippen LogP contribution in [0, 0.1) is 13.8 Å². The minimum absolute atomic E-state index is 0.0164. The zero-order valence-corrected chi connectivity index (χ0v) is 17.3. The zero-order chi connectivity index (χ0) is 20.5. The number of thioether (sulfide) groups is 1. The van der Waals surface area contributed by atoms with Crippen molar-refractivity contribution < 1.29 is 14.7 Å². The molecule has 1 heterocycles. The SMILES string of the molecule is Cc1ccc(-n2c(C)cnc2SC(C)(C)C(=O)CCC(=O)O)c2ccccc12. The summed E-state index contributed by atoms with van der Waals surface area (Å²) in [6.45, 7) is 7.73. The van der Waals surface area contributed by atoms with Crippen molar-refractivity contribution in [3.8, 4) is 5.69 Å². The van der Waals surface area contributed by atoms with Gasteiger partial charge in [0.1, 0.15) is 5.78 Å². The molecule has 0 aliphatic heterocycles. The lowest BCUT2D eigenvalue weighted by molar-refractivity contribution is -0.138. The second-order valence-electron chi connectivity index (χ2n) is 7.39. The summed E-state index contributed by atoms with van der Waals surface area (Å²) in [5, 5.41) is 11.9. The van der Waals surface area contributed by atoms with E-state index in [4.69, 9.17) is 5.11 Å². The number of hydrogen-bond donors (Lipinski definition) is 1. The summed E-state index contributed by atoms with van der Waals surface area (Å²) in [6, 6.07) is 12.4. The first kappa shape index (κ1) is 20.1. The smallest absolute Gasteiger partial charge is 0.303 e. The number of benzene rings is 2.